The SMILES string of the molecule is Cc1nn(C(C)C(=O)NC(CO)C(O)c2ccc([N+](=O)[O-])cc2)c(C)c1Cl. The Hall–Kier alpha value is -2.49. The van der Waals surface area contributed by atoms with Crippen LogP contribution in [0.15, 0.2) is 24.3 Å². The molecule has 1 amide bonds. The number of rotatable bonds is 7. The highest BCUT2D eigenvalue weighted by Gasteiger charge is 2.27. The molecule has 146 valence electrons. The minimum atomic E-state index is -1.24. The number of hydrogen-bond acceptors (Lipinski definition) is 6. The molecular formula is C17H21ClN4O5. The molecule has 3 unspecified atom stereocenters. The van der Waals surface area contributed by atoms with Crippen LogP contribution in [-0.4, -0.2) is 43.5 Å². The first-order chi connectivity index (χ1) is 12.7. The van der Waals surface area contributed by atoms with Gasteiger partial charge >= 0.3 is 0 Å². The number of nitrogens with one attached hydrogen (secondary N) is 1. The van der Waals surface area contributed by atoms with Crippen molar-refractivity contribution < 1.29 is 19.9 Å². The Morgan fingerprint density at radius 2 is 1.96 bits per heavy atom. The quantitative estimate of drug-likeness (QED) is 0.483. The second-order valence-corrected chi connectivity index (χ2v) is 6.57. The number of nitro benzene ring substituents is 1. The van der Waals surface area contributed by atoms with Crippen LogP contribution < -0.4 is 5.32 Å². The van der Waals surface area contributed by atoms with E-state index in [1.54, 1.807) is 20.8 Å². The van der Waals surface area contributed by atoms with Gasteiger partial charge in [0.05, 0.1) is 34.0 Å². The fourth-order valence-corrected chi connectivity index (χ4v) is 2.81. The maximum atomic E-state index is 12.5. The van der Waals surface area contributed by atoms with Crippen LogP contribution in [0.5, 0.6) is 0 Å². The van der Waals surface area contributed by atoms with E-state index < -0.39 is 35.6 Å². The molecule has 1 aromatic carbocycles. The number of nitro groups is 1. The van der Waals surface area contributed by atoms with E-state index in [2.05, 4.69) is 10.4 Å². The minimum absolute atomic E-state index is 0.120. The molecule has 0 saturated heterocycles. The largest absolute Gasteiger partial charge is 0.394 e. The number of aliphatic hydroxyl groups excluding tert-OH is 2. The van der Waals surface area contributed by atoms with Gasteiger partial charge in [0.2, 0.25) is 5.91 Å². The summed E-state index contributed by atoms with van der Waals surface area (Å²) in [5.41, 5.74) is 1.44. The smallest absolute Gasteiger partial charge is 0.269 e. The van der Waals surface area contributed by atoms with Gasteiger partial charge in [0.15, 0.2) is 0 Å². The van der Waals surface area contributed by atoms with Gasteiger partial charge in [-0.25, -0.2) is 0 Å². The number of amides is 1. The van der Waals surface area contributed by atoms with Crippen LogP contribution in [0.2, 0.25) is 5.02 Å². The number of non-ortho nitro benzene ring substituents is 1. The van der Waals surface area contributed by atoms with E-state index in [4.69, 9.17) is 11.6 Å². The van der Waals surface area contributed by atoms with E-state index in [0.717, 1.165) is 0 Å². The van der Waals surface area contributed by atoms with Crippen molar-refractivity contribution in [1.29, 1.82) is 0 Å². The maximum Gasteiger partial charge on any atom is 0.269 e. The molecule has 10 heteroatoms. The van der Waals surface area contributed by atoms with Gasteiger partial charge in [-0.1, -0.05) is 11.6 Å². The molecule has 0 aliphatic heterocycles. The monoisotopic (exact) mass is 396 g/mol. The number of nitrogens with zero attached hydrogens (tertiary/aromatic N) is 3. The van der Waals surface area contributed by atoms with Gasteiger partial charge < -0.3 is 15.5 Å². The predicted molar refractivity (Wildman–Crippen MR) is 98.5 cm³/mol. The van der Waals surface area contributed by atoms with Crippen LogP contribution in [0.25, 0.3) is 0 Å². The second-order valence-electron chi connectivity index (χ2n) is 6.20. The number of halogens is 1. The van der Waals surface area contributed by atoms with E-state index in [1.807, 2.05) is 0 Å². The molecule has 2 aromatic rings. The topological polar surface area (TPSA) is 131 Å². The lowest BCUT2D eigenvalue weighted by atomic mass is 10.0. The summed E-state index contributed by atoms with van der Waals surface area (Å²) in [6.45, 7) is 4.57. The van der Waals surface area contributed by atoms with E-state index in [-0.39, 0.29) is 5.69 Å². The molecule has 1 aromatic heterocycles. The van der Waals surface area contributed by atoms with Crippen LogP contribution in [0, 0.1) is 24.0 Å². The summed E-state index contributed by atoms with van der Waals surface area (Å²) in [6.07, 6.45) is -1.24. The molecule has 9 nitrogen and oxygen atoms in total. The van der Waals surface area contributed by atoms with Gasteiger partial charge in [-0.2, -0.15) is 5.10 Å². The fourth-order valence-electron chi connectivity index (χ4n) is 2.68. The van der Waals surface area contributed by atoms with Crippen molar-refractivity contribution >= 4 is 23.2 Å². The van der Waals surface area contributed by atoms with Crippen molar-refractivity contribution in [3.05, 3.63) is 56.4 Å². The standard InChI is InChI=1S/C17H21ClN4O5/c1-9-15(18)10(2)21(20-9)11(3)17(25)19-14(8-23)16(24)12-4-6-13(7-5-12)22(26)27/h4-7,11,14,16,23-24H,8H2,1-3H3,(H,19,25). The summed E-state index contributed by atoms with van der Waals surface area (Å²) >= 11 is 6.10. The Balaban J connectivity index is 2.13. The van der Waals surface area contributed by atoms with Crippen molar-refractivity contribution in [3.8, 4) is 0 Å². The van der Waals surface area contributed by atoms with Crippen LogP contribution in [0.3, 0.4) is 0 Å². The third kappa shape index (κ3) is 4.44. The lowest BCUT2D eigenvalue weighted by molar-refractivity contribution is -0.384. The van der Waals surface area contributed by atoms with Crippen molar-refractivity contribution in [1.82, 2.24) is 15.1 Å². The highest BCUT2D eigenvalue weighted by molar-refractivity contribution is 6.31. The number of hydrogen-bond donors (Lipinski definition) is 3. The summed E-state index contributed by atoms with van der Waals surface area (Å²) in [5.74, 6) is -0.461. The molecule has 0 radical (unpaired) electrons. The van der Waals surface area contributed by atoms with Crippen LogP contribution >= 0.6 is 11.6 Å². The zero-order valence-electron chi connectivity index (χ0n) is 15.1. The molecular weight excluding hydrogens is 376 g/mol. The molecule has 0 saturated carbocycles. The summed E-state index contributed by atoms with van der Waals surface area (Å²) in [5, 5.41) is 38.0. The Bertz CT molecular complexity index is 837. The Morgan fingerprint density at radius 1 is 1.37 bits per heavy atom. The average molecular weight is 397 g/mol. The van der Waals surface area contributed by atoms with E-state index in [9.17, 15) is 25.1 Å². The minimum Gasteiger partial charge on any atom is -0.394 e. The number of benzene rings is 1. The van der Waals surface area contributed by atoms with Gasteiger partial charge in [-0.3, -0.25) is 19.6 Å². The fraction of sp³-hybridized carbons (Fsp3) is 0.412. The summed E-state index contributed by atoms with van der Waals surface area (Å²) in [7, 11) is 0. The second kappa shape index (κ2) is 8.47. The summed E-state index contributed by atoms with van der Waals surface area (Å²) in [6, 6.07) is 3.54. The first-order valence-corrected chi connectivity index (χ1v) is 8.60. The average Bonchev–Trinajstić information content (AvgIpc) is 2.92. The lowest BCUT2D eigenvalue weighted by Crippen LogP contribution is -2.44. The van der Waals surface area contributed by atoms with Crippen LogP contribution in [0.4, 0.5) is 5.69 Å². The Morgan fingerprint density at radius 3 is 2.41 bits per heavy atom. The van der Waals surface area contributed by atoms with E-state index in [1.165, 1.54) is 28.9 Å². The van der Waals surface area contributed by atoms with Gasteiger partial charge in [0.25, 0.3) is 5.69 Å². The molecule has 0 aliphatic carbocycles. The molecule has 1 heterocycles. The van der Waals surface area contributed by atoms with Crippen molar-refractivity contribution in [2.24, 2.45) is 0 Å². The molecule has 3 atom stereocenters. The van der Waals surface area contributed by atoms with Gasteiger partial charge in [-0.05, 0) is 38.5 Å². The highest BCUT2D eigenvalue weighted by atomic mass is 35.5. The lowest BCUT2D eigenvalue weighted by Gasteiger charge is -2.24. The van der Waals surface area contributed by atoms with Crippen molar-refractivity contribution in [2.45, 2.75) is 39.0 Å². The number of carbonyl (C=O) groups excluding carboxylic acids is 1. The first-order valence-electron chi connectivity index (χ1n) is 8.22. The number of aliphatic hydroxyl groups is 2. The Kier molecular flexibility index (Phi) is 6.53. The maximum absolute atomic E-state index is 12.5. The Labute approximate surface area is 160 Å². The zero-order chi connectivity index (χ0) is 20.3. The van der Waals surface area contributed by atoms with Gasteiger partial charge in [0, 0.05) is 12.1 Å². The third-order valence-corrected chi connectivity index (χ3v) is 4.88. The molecule has 0 aliphatic rings. The zero-order valence-corrected chi connectivity index (χ0v) is 15.8. The summed E-state index contributed by atoms with van der Waals surface area (Å²) in [4.78, 5) is 22.7. The van der Waals surface area contributed by atoms with Crippen molar-refractivity contribution in [3.63, 3.8) is 0 Å². The molecule has 0 fully saturated rings. The van der Waals surface area contributed by atoms with Gasteiger partial charge in [-0.15, -0.1) is 0 Å². The van der Waals surface area contributed by atoms with Crippen LogP contribution in [-0.2, 0) is 4.79 Å². The number of aryl methyl sites for hydroxylation is 1. The third-order valence-electron chi connectivity index (χ3n) is 4.33. The highest BCUT2D eigenvalue weighted by Crippen LogP contribution is 2.23. The van der Waals surface area contributed by atoms with Crippen molar-refractivity contribution in [2.75, 3.05) is 6.61 Å². The first kappa shape index (κ1) is 20.8. The van der Waals surface area contributed by atoms with E-state index in [0.29, 0.717) is 22.0 Å². The summed E-state index contributed by atoms with van der Waals surface area (Å²) < 4.78 is 1.47. The number of aromatic nitrogens is 2. The molecule has 3 N–H and O–H groups in total. The normalized spacial score (nSPS) is 14.4. The van der Waals surface area contributed by atoms with E-state index >= 15 is 0 Å². The predicted octanol–water partition coefficient (Wildman–Crippen LogP) is 1.83. The molecule has 0 bridgehead atoms. The molecule has 27 heavy (non-hydrogen) atoms. The van der Waals surface area contributed by atoms with Gasteiger partial charge in [0.1, 0.15) is 12.1 Å². The molecule has 2 rings (SSSR count). The number of carbonyl (C=O) groups is 1. The molecule has 0 spiro atoms. The van der Waals surface area contributed by atoms with Crippen LogP contribution in [0.1, 0.15) is 36.0 Å².